The van der Waals surface area contributed by atoms with E-state index in [1.807, 2.05) is 60.7 Å². The van der Waals surface area contributed by atoms with E-state index in [9.17, 15) is 0 Å². The van der Waals surface area contributed by atoms with Crippen LogP contribution in [-0.4, -0.2) is 9.97 Å². The summed E-state index contributed by atoms with van der Waals surface area (Å²) in [5.74, 6) is 0.941. The van der Waals surface area contributed by atoms with Gasteiger partial charge in [0, 0.05) is 23.2 Å². The first kappa shape index (κ1) is 15.8. The van der Waals surface area contributed by atoms with Crippen LogP contribution in [0.5, 0.6) is 0 Å². The first-order valence-electron chi connectivity index (χ1n) is 8.22. The molecule has 0 spiro atoms. The molecule has 26 heavy (non-hydrogen) atoms. The fourth-order valence-electron chi connectivity index (χ4n) is 2.60. The molecule has 0 bridgehead atoms. The van der Waals surface area contributed by atoms with Gasteiger partial charge in [-0.1, -0.05) is 48.5 Å². The van der Waals surface area contributed by atoms with Crippen LogP contribution in [0.1, 0.15) is 0 Å². The van der Waals surface area contributed by atoms with E-state index in [0.29, 0.717) is 11.5 Å². The first-order valence-corrected chi connectivity index (χ1v) is 8.22. The van der Waals surface area contributed by atoms with E-state index in [4.69, 9.17) is 8.83 Å². The summed E-state index contributed by atoms with van der Waals surface area (Å²) in [6.45, 7) is 0. The third-order valence-electron chi connectivity index (χ3n) is 3.93. The summed E-state index contributed by atoms with van der Waals surface area (Å²) in [4.78, 5) is 8.71. The van der Waals surface area contributed by atoms with E-state index in [2.05, 4.69) is 9.97 Å². The molecule has 0 aliphatic carbocycles. The predicted octanol–water partition coefficient (Wildman–Crippen LogP) is 5.88. The zero-order valence-electron chi connectivity index (χ0n) is 13.9. The fraction of sp³-hybridized carbons (Fsp3) is 0. The average molecular weight is 340 g/mol. The molecule has 0 atom stereocenters. The maximum Gasteiger partial charge on any atom is 0.188 e. The van der Waals surface area contributed by atoms with Crippen molar-refractivity contribution in [3.8, 4) is 11.5 Å². The molecule has 0 aliphatic heterocycles. The highest BCUT2D eigenvalue weighted by Gasteiger charge is 2.00. The first-order chi connectivity index (χ1) is 12.9. The van der Waals surface area contributed by atoms with Gasteiger partial charge in [-0.05, 0) is 22.9 Å². The Morgan fingerprint density at radius 2 is 0.885 bits per heavy atom. The van der Waals surface area contributed by atoms with Crippen molar-refractivity contribution in [2.75, 3.05) is 0 Å². The molecule has 0 fully saturated rings. The molecule has 2 aromatic carbocycles. The third kappa shape index (κ3) is 3.54. The Morgan fingerprint density at radius 3 is 1.35 bits per heavy atom. The Labute approximate surface area is 150 Å². The van der Waals surface area contributed by atoms with Crippen molar-refractivity contribution >= 4 is 21.5 Å². The van der Waals surface area contributed by atoms with Crippen LogP contribution in [0.25, 0.3) is 33.1 Å². The van der Waals surface area contributed by atoms with E-state index in [1.54, 1.807) is 37.3 Å². The van der Waals surface area contributed by atoms with Crippen molar-refractivity contribution in [1.29, 1.82) is 0 Å². The molecular formula is C22H16N2O2. The molecule has 0 unspecified atom stereocenters. The zero-order valence-corrected chi connectivity index (χ0v) is 13.9. The maximum absolute atomic E-state index is 5.74. The second-order valence-electron chi connectivity index (χ2n) is 5.64. The van der Waals surface area contributed by atoms with E-state index in [-0.39, 0.29) is 0 Å². The Bertz CT molecular complexity index is 978. The van der Waals surface area contributed by atoms with Crippen LogP contribution >= 0.6 is 0 Å². The number of fused-ring (bicyclic) bond motifs is 2. The summed E-state index contributed by atoms with van der Waals surface area (Å²) in [7, 11) is 0. The van der Waals surface area contributed by atoms with Gasteiger partial charge in [-0.15, -0.1) is 0 Å². The van der Waals surface area contributed by atoms with E-state index in [1.165, 1.54) is 0 Å². The molecule has 2 aromatic heterocycles. The Morgan fingerprint density at radius 1 is 0.462 bits per heavy atom. The summed E-state index contributed by atoms with van der Waals surface area (Å²) < 4.78 is 11.5. The minimum Gasteiger partial charge on any atom is -0.459 e. The second kappa shape index (κ2) is 7.49. The van der Waals surface area contributed by atoms with E-state index >= 15 is 0 Å². The molecule has 0 saturated heterocycles. The molecule has 126 valence electrons. The lowest BCUT2D eigenvalue weighted by atomic mass is 10.2. The van der Waals surface area contributed by atoms with Gasteiger partial charge in [-0.2, -0.15) is 0 Å². The van der Waals surface area contributed by atoms with Gasteiger partial charge in [0.2, 0.25) is 0 Å². The molecule has 0 aliphatic rings. The lowest BCUT2D eigenvalue weighted by Gasteiger charge is -1.91. The Balaban J connectivity index is 1.87. The molecule has 4 rings (SSSR count). The van der Waals surface area contributed by atoms with Crippen LogP contribution in [-0.2, 0) is 0 Å². The summed E-state index contributed by atoms with van der Waals surface area (Å²) >= 11 is 0. The van der Waals surface area contributed by atoms with Crippen molar-refractivity contribution in [3.05, 3.63) is 98.0 Å². The number of benzene rings is 2. The normalized spacial score (nSPS) is 10.3. The van der Waals surface area contributed by atoms with Gasteiger partial charge in [-0.25, -0.2) is 0 Å². The van der Waals surface area contributed by atoms with Crippen molar-refractivity contribution in [2.24, 2.45) is 0 Å². The molecule has 2 heterocycles. The highest BCUT2D eigenvalue weighted by Crippen LogP contribution is 2.17. The SMILES string of the molecule is c1ccc2cncc(-c3cncc4ccccc4cco3)occc2c1. The van der Waals surface area contributed by atoms with Crippen molar-refractivity contribution < 1.29 is 8.83 Å². The molecule has 0 amide bonds. The van der Waals surface area contributed by atoms with Crippen molar-refractivity contribution in [1.82, 2.24) is 9.97 Å². The van der Waals surface area contributed by atoms with Crippen LogP contribution in [0.2, 0.25) is 0 Å². The smallest absolute Gasteiger partial charge is 0.188 e. The van der Waals surface area contributed by atoms with Gasteiger partial charge < -0.3 is 8.83 Å². The van der Waals surface area contributed by atoms with Crippen LogP contribution in [0, 0.1) is 0 Å². The quantitative estimate of drug-likeness (QED) is 0.434. The highest BCUT2D eigenvalue weighted by molar-refractivity contribution is 5.81. The molecule has 4 heteroatoms. The molecule has 0 N–H and O–H groups in total. The van der Waals surface area contributed by atoms with Gasteiger partial charge in [0.15, 0.2) is 11.5 Å². The number of hydrogen-bond acceptors (Lipinski definition) is 4. The topological polar surface area (TPSA) is 52.1 Å². The molecular weight excluding hydrogens is 324 g/mol. The lowest BCUT2D eigenvalue weighted by molar-refractivity contribution is 0.508. The van der Waals surface area contributed by atoms with Gasteiger partial charge in [0.05, 0.1) is 24.9 Å². The lowest BCUT2D eigenvalue weighted by Crippen LogP contribution is -1.74. The molecule has 4 nitrogen and oxygen atoms in total. The Hall–Kier alpha value is -3.66. The van der Waals surface area contributed by atoms with Crippen LogP contribution in [0.15, 0.2) is 107 Å². The van der Waals surface area contributed by atoms with E-state index < -0.39 is 0 Å². The number of aromatic nitrogens is 2. The third-order valence-corrected chi connectivity index (χ3v) is 3.93. The van der Waals surface area contributed by atoms with Gasteiger partial charge in [0.1, 0.15) is 0 Å². The maximum atomic E-state index is 5.74. The van der Waals surface area contributed by atoms with Gasteiger partial charge in [-0.3, -0.25) is 9.97 Å². The summed E-state index contributed by atoms with van der Waals surface area (Å²) in [5, 5.41) is 4.09. The highest BCUT2D eigenvalue weighted by atomic mass is 16.4. The monoisotopic (exact) mass is 340 g/mol. The molecule has 0 radical (unpaired) electrons. The molecule has 4 aromatic rings. The summed E-state index contributed by atoms with van der Waals surface area (Å²) in [5.41, 5.74) is 0. The standard InChI is InChI=1S/C22H16N2O2/c1-3-7-19-13-23-15-21(25-11-9-17(19)5-1)22-16-24-14-20-8-4-2-6-18(20)10-12-26-22/h1-16H. The Kier molecular flexibility index (Phi) is 4.56. The minimum absolute atomic E-state index is 0.470. The number of rotatable bonds is 1. The average Bonchev–Trinajstić information content (AvgIpc) is 2.85. The van der Waals surface area contributed by atoms with Crippen LogP contribution in [0.3, 0.4) is 0 Å². The summed E-state index contributed by atoms with van der Waals surface area (Å²) in [6, 6.07) is 19.7. The number of hydrogen-bond donors (Lipinski definition) is 0. The van der Waals surface area contributed by atoms with Gasteiger partial charge >= 0.3 is 0 Å². The predicted molar refractivity (Wildman–Crippen MR) is 102 cm³/mol. The zero-order chi connectivity index (χ0) is 17.6. The molecule has 0 saturated carbocycles. The second-order valence-corrected chi connectivity index (χ2v) is 5.64. The minimum atomic E-state index is 0.470. The number of nitrogens with zero attached hydrogens (tertiary/aromatic N) is 2. The van der Waals surface area contributed by atoms with Crippen LogP contribution < -0.4 is 0 Å². The van der Waals surface area contributed by atoms with Gasteiger partial charge in [0.25, 0.3) is 0 Å². The van der Waals surface area contributed by atoms with Crippen molar-refractivity contribution in [3.63, 3.8) is 0 Å². The van der Waals surface area contributed by atoms with Crippen LogP contribution in [0.4, 0.5) is 0 Å². The van der Waals surface area contributed by atoms with E-state index in [0.717, 1.165) is 21.5 Å². The fourth-order valence-corrected chi connectivity index (χ4v) is 2.60. The van der Waals surface area contributed by atoms with Crippen molar-refractivity contribution in [2.45, 2.75) is 0 Å². The summed E-state index contributed by atoms with van der Waals surface area (Å²) in [6.07, 6.45) is 10.1. The largest absolute Gasteiger partial charge is 0.459 e.